The van der Waals surface area contributed by atoms with Crippen molar-refractivity contribution in [2.75, 3.05) is 24.2 Å². The number of aryl methyl sites for hydroxylation is 1. The van der Waals surface area contributed by atoms with Crippen LogP contribution in [0.3, 0.4) is 0 Å². The number of sulfonamides is 1. The summed E-state index contributed by atoms with van der Waals surface area (Å²) in [5, 5.41) is 6.27. The second-order valence-electron chi connectivity index (χ2n) is 2.89. The van der Waals surface area contributed by atoms with Crippen LogP contribution in [-0.4, -0.2) is 37.4 Å². The van der Waals surface area contributed by atoms with Crippen LogP contribution >= 0.6 is 0 Å². The molecular formula is C7H14N4O3S. The summed E-state index contributed by atoms with van der Waals surface area (Å²) in [6, 6.07) is 0.235. The largest absolute Gasteiger partial charge is 0.337 e. The van der Waals surface area contributed by atoms with E-state index >= 15 is 0 Å². The Morgan fingerprint density at radius 1 is 1.47 bits per heavy atom. The molecule has 0 aliphatic heterocycles. The number of rotatable bonds is 6. The van der Waals surface area contributed by atoms with Crippen molar-refractivity contribution in [2.24, 2.45) is 0 Å². The lowest BCUT2D eigenvalue weighted by Gasteiger charge is -2.03. The third-order valence-corrected chi connectivity index (χ3v) is 3.01. The highest BCUT2D eigenvalue weighted by Crippen LogP contribution is 2.00. The van der Waals surface area contributed by atoms with Gasteiger partial charge in [0.1, 0.15) is 0 Å². The summed E-state index contributed by atoms with van der Waals surface area (Å²) in [6.45, 7) is 4.04. The Balaban J connectivity index is 2.33. The van der Waals surface area contributed by atoms with Gasteiger partial charge in [-0.15, -0.1) is 0 Å². The number of hydrogen-bond acceptors (Lipinski definition) is 6. The van der Waals surface area contributed by atoms with Crippen molar-refractivity contribution in [3.8, 4) is 0 Å². The fraction of sp³-hybridized carbons (Fsp3) is 0.714. The van der Waals surface area contributed by atoms with Crippen molar-refractivity contribution < 1.29 is 12.9 Å². The van der Waals surface area contributed by atoms with E-state index in [4.69, 9.17) is 4.52 Å². The van der Waals surface area contributed by atoms with E-state index in [1.165, 1.54) is 0 Å². The van der Waals surface area contributed by atoms with Gasteiger partial charge in [-0.1, -0.05) is 12.1 Å². The van der Waals surface area contributed by atoms with E-state index in [1.54, 1.807) is 13.8 Å². The first-order valence-electron chi connectivity index (χ1n) is 4.55. The molecule has 0 saturated carbocycles. The van der Waals surface area contributed by atoms with Gasteiger partial charge in [-0.3, -0.25) is 0 Å². The van der Waals surface area contributed by atoms with Gasteiger partial charge >= 0.3 is 6.01 Å². The lowest BCUT2D eigenvalue weighted by Crippen LogP contribution is -2.29. The minimum atomic E-state index is -3.20. The number of hydrogen-bond donors (Lipinski definition) is 2. The second-order valence-corrected chi connectivity index (χ2v) is 4.82. The highest BCUT2D eigenvalue weighted by Gasteiger charge is 2.08. The average Bonchev–Trinajstić information content (AvgIpc) is 2.51. The summed E-state index contributed by atoms with van der Waals surface area (Å²) >= 11 is 0. The van der Waals surface area contributed by atoms with Gasteiger partial charge in [0.15, 0.2) is 5.82 Å². The Bertz CT molecular complexity index is 400. The first-order valence-corrected chi connectivity index (χ1v) is 6.20. The Morgan fingerprint density at radius 3 is 2.73 bits per heavy atom. The molecular weight excluding hydrogens is 220 g/mol. The molecule has 0 atom stereocenters. The van der Waals surface area contributed by atoms with E-state index in [0.717, 1.165) is 0 Å². The molecule has 0 bridgehead atoms. The lowest BCUT2D eigenvalue weighted by molar-refractivity contribution is 0.426. The van der Waals surface area contributed by atoms with E-state index in [-0.39, 0.29) is 18.3 Å². The third kappa shape index (κ3) is 4.26. The van der Waals surface area contributed by atoms with Crippen molar-refractivity contribution in [3.63, 3.8) is 0 Å². The number of aromatic nitrogens is 2. The summed E-state index contributed by atoms with van der Waals surface area (Å²) in [5.74, 6) is 0.481. The van der Waals surface area contributed by atoms with Gasteiger partial charge in [-0.05, 0) is 6.92 Å². The van der Waals surface area contributed by atoms with Gasteiger partial charge in [0.05, 0.1) is 5.75 Å². The van der Waals surface area contributed by atoms with Gasteiger partial charge in [0.2, 0.25) is 10.0 Å². The quantitative estimate of drug-likeness (QED) is 0.703. The molecule has 15 heavy (non-hydrogen) atoms. The van der Waals surface area contributed by atoms with Gasteiger partial charge in [0.25, 0.3) is 0 Å². The van der Waals surface area contributed by atoms with Crippen molar-refractivity contribution in [3.05, 3.63) is 5.82 Å². The highest BCUT2D eigenvalue weighted by molar-refractivity contribution is 7.89. The molecule has 1 aromatic heterocycles. The van der Waals surface area contributed by atoms with Gasteiger partial charge in [-0.25, -0.2) is 13.1 Å². The van der Waals surface area contributed by atoms with Crippen LogP contribution in [0.15, 0.2) is 4.52 Å². The number of anilines is 1. The van der Waals surface area contributed by atoms with Crippen LogP contribution in [0.4, 0.5) is 6.01 Å². The molecule has 1 aromatic rings. The number of nitrogens with zero attached hydrogens (tertiary/aromatic N) is 2. The van der Waals surface area contributed by atoms with Crippen molar-refractivity contribution in [2.45, 2.75) is 13.8 Å². The first-order chi connectivity index (χ1) is 7.03. The summed E-state index contributed by atoms with van der Waals surface area (Å²) in [6.07, 6.45) is 0. The Kier molecular flexibility index (Phi) is 4.04. The van der Waals surface area contributed by atoms with E-state index in [2.05, 4.69) is 20.2 Å². The zero-order valence-electron chi connectivity index (χ0n) is 8.65. The molecule has 0 saturated heterocycles. The fourth-order valence-corrected chi connectivity index (χ4v) is 1.91. The van der Waals surface area contributed by atoms with Gasteiger partial charge < -0.3 is 9.84 Å². The molecule has 0 aliphatic rings. The van der Waals surface area contributed by atoms with E-state index < -0.39 is 10.0 Å². The first kappa shape index (κ1) is 11.9. The number of nitrogens with one attached hydrogen (secondary N) is 2. The molecule has 0 aliphatic carbocycles. The maximum absolute atomic E-state index is 11.2. The third-order valence-electron chi connectivity index (χ3n) is 1.54. The molecule has 0 amide bonds. The van der Waals surface area contributed by atoms with Crippen LogP contribution < -0.4 is 10.0 Å². The predicted molar refractivity (Wildman–Crippen MR) is 55.0 cm³/mol. The SMILES string of the molecule is CCNS(=O)(=O)CCNc1nc(C)no1. The van der Waals surface area contributed by atoms with E-state index in [9.17, 15) is 8.42 Å². The van der Waals surface area contributed by atoms with Crippen LogP contribution in [0.25, 0.3) is 0 Å². The van der Waals surface area contributed by atoms with Crippen LogP contribution in [-0.2, 0) is 10.0 Å². The standard InChI is InChI=1S/C7H14N4O3S/c1-3-9-15(12,13)5-4-8-7-10-6(2)11-14-7/h9H,3-5H2,1-2H3,(H,8,10,11). The molecule has 1 heterocycles. The normalized spacial score (nSPS) is 11.6. The van der Waals surface area contributed by atoms with Gasteiger partial charge in [0, 0.05) is 13.1 Å². The molecule has 86 valence electrons. The lowest BCUT2D eigenvalue weighted by atomic mass is 10.7. The van der Waals surface area contributed by atoms with Crippen LogP contribution in [0, 0.1) is 6.92 Å². The fourth-order valence-electron chi connectivity index (χ4n) is 0.953. The second kappa shape index (κ2) is 5.08. The zero-order valence-corrected chi connectivity index (χ0v) is 9.47. The Labute approximate surface area is 88.3 Å². The summed E-state index contributed by atoms with van der Waals surface area (Å²) in [7, 11) is -3.20. The summed E-state index contributed by atoms with van der Waals surface area (Å²) in [4.78, 5) is 3.87. The van der Waals surface area contributed by atoms with Crippen LogP contribution in [0.2, 0.25) is 0 Å². The molecule has 1 rings (SSSR count). The highest BCUT2D eigenvalue weighted by atomic mass is 32.2. The van der Waals surface area contributed by atoms with Crippen molar-refractivity contribution in [1.29, 1.82) is 0 Å². The molecule has 0 unspecified atom stereocenters. The maximum Gasteiger partial charge on any atom is 0.321 e. The Morgan fingerprint density at radius 2 is 2.20 bits per heavy atom. The summed E-state index contributed by atoms with van der Waals surface area (Å²) < 4.78 is 29.5. The molecule has 0 radical (unpaired) electrons. The minimum absolute atomic E-state index is 0.0255. The van der Waals surface area contributed by atoms with Crippen LogP contribution in [0.1, 0.15) is 12.7 Å². The minimum Gasteiger partial charge on any atom is -0.337 e. The molecule has 0 aromatic carbocycles. The molecule has 0 spiro atoms. The van der Waals surface area contributed by atoms with E-state index in [0.29, 0.717) is 12.4 Å². The smallest absolute Gasteiger partial charge is 0.321 e. The maximum atomic E-state index is 11.2. The van der Waals surface area contributed by atoms with E-state index in [1.807, 2.05) is 0 Å². The van der Waals surface area contributed by atoms with Crippen LogP contribution in [0.5, 0.6) is 0 Å². The monoisotopic (exact) mass is 234 g/mol. The topological polar surface area (TPSA) is 97.1 Å². The zero-order chi connectivity index (χ0) is 11.3. The van der Waals surface area contributed by atoms with Crippen molar-refractivity contribution in [1.82, 2.24) is 14.9 Å². The molecule has 0 fully saturated rings. The summed E-state index contributed by atoms with van der Waals surface area (Å²) in [5.41, 5.74) is 0. The predicted octanol–water partition coefficient (Wildman–Crippen LogP) is -0.271. The molecule has 8 heteroatoms. The van der Waals surface area contributed by atoms with Gasteiger partial charge in [-0.2, -0.15) is 4.98 Å². The average molecular weight is 234 g/mol. The molecule has 7 nitrogen and oxygen atoms in total. The Hall–Kier alpha value is -1.15. The molecule has 2 N–H and O–H groups in total. The van der Waals surface area contributed by atoms with Crippen molar-refractivity contribution >= 4 is 16.0 Å².